The highest BCUT2D eigenvalue weighted by Gasteiger charge is 2.08. The highest BCUT2D eigenvalue weighted by Crippen LogP contribution is 2.30. The molecule has 0 atom stereocenters. The monoisotopic (exact) mass is 337 g/mol. The average Bonchev–Trinajstić information content (AvgIpc) is 2.26. The Morgan fingerprint density at radius 1 is 1.21 bits per heavy atom. The van der Waals surface area contributed by atoms with Gasteiger partial charge in [-0.2, -0.15) is 0 Å². The van der Waals surface area contributed by atoms with Crippen molar-refractivity contribution in [2.75, 3.05) is 0 Å². The summed E-state index contributed by atoms with van der Waals surface area (Å²) >= 11 is 4.78. The lowest BCUT2D eigenvalue weighted by Gasteiger charge is -2.06. The van der Waals surface area contributed by atoms with Gasteiger partial charge < -0.3 is 5.11 Å². The number of carboxylic acid groups (broad SMARTS) is 1. The summed E-state index contributed by atoms with van der Waals surface area (Å²) in [4.78, 5) is 16.3. The second kappa shape index (κ2) is 5.75. The third kappa shape index (κ3) is 3.81. The molecule has 1 N–H and O–H groups in total. The third-order valence-corrected chi connectivity index (χ3v) is 3.76. The Hall–Kier alpha value is -1.33. The van der Waals surface area contributed by atoms with Crippen LogP contribution in [0.15, 0.2) is 44.7 Å². The number of aromatic nitrogens is 1. The van der Waals surface area contributed by atoms with Gasteiger partial charge in [0, 0.05) is 15.1 Å². The number of hydrogen-bond donors (Lipinski definition) is 1. The lowest BCUT2D eigenvalue weighted by molar-refractivity contribution is 0.0696. The van der Waals surface area contributed by atoms with E-state index >= 15 is 0 Å². The molecule has 2 rings (SSSR count). The maximum Gasteiger partial charge on any atom is 0.335 e. The van der Waals surface area contributed by atoms with Gasteiger partial charge in [0.15, 0.2) is 0 Å². The number of nitrogens with zero attached hydrogens (tertiary/aromatic N) is 1. The summed E-state index contributed by atoms with van der Waals surface area (Å²) < 4.78 is 0.749. The summed E-state index contributed by atoms with van der Waals surface area (Å²) in [5.41, 5.74) is 2.36. The molecule has 0 aliphatic carbocycles. The molecule has 0 amide bonds. The van der Waals surface area contributed by atoms with E-state index in [1.54, 1.807) is 12.1 Å². The van der Waals surface area contributed by atoms with E-state index in [1.165, 1.54) is 11.8 Å². The van der Waals surface area contributed by atoms with Crippen LogP contribution in [-0.2, 0) is 0 Å². The highest BCUT2D eigenvalue weighted by atomic mass is 79.9. The molecule has 0 aliphatic heterocycles. The molecule has 1 aromatic heterocycles. The zero-order valence-corrected chi connectivity index (χ0v) is 12.9. The Morgan fingerprint density at radius 2 is 1.95 bits per heavy atom. The summed E-state index contributed by atoms with van der Waals surface area (Å²) in [6.07, 6.45) is 0. The molecule has 0 saturated carbocycles. The number of halogens is 1. The molecule has 19 heavy (non-hydrogen) atoms. The van der Waals surface area contributed by atoms with Crippen molar-refractivity contribution < 1.29 is 9.90 Å². The smallest absolute Gasteiger partial charge is 0.335 e. The SMILES string of the molecule is Cc1cc(C)nc(Sc2cc(Br)cc(C(=O)O)c2)c1. The Labute approximate surface area is 124 Å². The molecule has 0 unspecified atom stereocenters. The van der Waals surface area contributed by atoms with Crippen molar-refractivity contribution in [1.82, 2.24) is 4.98 Å². The number of rotatable bonds is 3. The summed E-state index contributed by atoms with van der Waals surface area (Å²) in [5.74, 6) is -0.934. The fraction of sp³-hybridized carbons (Fsp3) is 0.143. The summed E-state index contributed by atoms with van der Waals surface area (Å²) in [6, 6.07) is 9.11. The van der Waals surface area contributed by atoms with Crippen LogP contribution in [0.1, 0.15) is 21.6 Å². The second-order valence-electron chi connectivity index (χ2n) is 4.21. The van der Waals surface area contributed by atoms with Crippen LogP contribution in [0.3, 0.4) is 0 Å². The minimum Gasteiger partial charge on any atom is -0.478 e. The van der Waals surface area contributed by atoms with Crippen molar-refractivity contribution in [3.05, 3.63) is 51.6 Å². The van der Waals surface area contributed by atoms with Gasteiger partial charge in [-0.05, 0) is 49.7 Å². The number of aryl methyl sites for hydroxylation is 2. The van der Waals surface area contributed by atoms with E-state index in [1.807, 2.05) is 32.0 Å². The Kier molecular flexibility index (Phi) is 4.27. The highest BCUT2D eigenvalue weighted by molar-refractivity contribution is 9.10. The molecule has 5 heteroatoms. The molecule has 0 aliphatic rings. The fourth-order valence-electron chi connectivity index (χ4n) is 1.72. The van der Waals surface area contributed by atoms with Crippen molar-refractivity contribution >= 4 is 33.7 Å². The number of hydrogen-bond acceptors (Lipinski definition) is 3. The molecule has 0 radical (unpaired) electrons. The van der Waals surface area contributed by atoms with Gasteiger partial charge in [0.05, 0.1) is 5.56 Å². The molecule has 3 nitrogen and oxygen atoms in total. The normalized spacial score (nSPS) is 10.5. The van der Waals surface area contributed by atoms with Gasteiger partial charge in [-0.1, -0.05) is 27.7 Å². The maximum absolute atomic E-state index is 11.0. The van der Waals surface area contributed by atoms with E-state index in [2.05, 4.69) is 20.9 Å². The lowest BCUT2D eigenvalue weighted by Crippen LogP contribution is -1.96. The van der Waals surface area contributed by atoms with Gasteiger partial charge in [0.1, 0.15) is 5.03 Å². The van der Waals surface area contributed by atoms with Gasteiger partial charge in [0.2, 0.25) is 0 Å². The molecular weight excluding hydrogens is 326 g/mol. The predicted molar refractivity (Wildman–Crippen MR) is 78.9 cm³/mol. The van der Waals surface area contributed by atoms with E-state index in [0.29, 0.717) is 0 Å². The molecular formula is C14H12BrNO2S. The summed E-state index contributed by atoms with van der Waals surface area (Å²) in [5, 5.41) is 9.91. The molecule has 98 valence electrons. The zero-order valence-electron chi connectivity index (χ0n) is 10.5. The van der Waals surface area contributed by atoms with Crippen LogP contribution in [0.2, 0.25) is 0 Å². The number of aromatic carboxylic acids is 1. The van der Waals surface area contributed by atoms with E-state index in [-0.39, 0.29) is 5.56 Å². The molecule has 0 spiro atoms. The van der Waals surface area contributed by atoms with Crippen LogP contribution < -0.4 is 0 Å². The first-order valence-corrected chi connectivity index (χ1v) is 7.22. The number of pyridine rings is 1. The standard InChI is InChI=1S/C14H12BrNO2S/c1-8-3-9(2)16-13(4-8)19-12-6-10(14(17)18)5-11(15)7-12/h3-7H,1-2H3,(H,17,18). The van der Waals surface area contributed by atoms with Gasteiger partial charge >= 0.3 is 5.97 Å². The minimum atomic E-state index is -0.934. The molecule has 0 saturated heterocycles. The van der Waals surface area contributed by atoms with Crippen LogP contribution in [-0.4, -0.2) is 16.1 Å². The molecule has 1 heterocycles. The van der Waals surface area contributed by atoms with E-state index in [0.717, 1.165) is 25.7 Å². The lowest BCUT2D eigenvalue weighted by atomic mass is 10.2. The average molecular weight is 338 g/mol. The summed E-state index contributed by atoms with van der Waals surface area (Å²) in [6.45, 7) is 3.96. The van der Waals surface area contributed by atoms with Gasteiger partial charge in [-0.25, -0.2) is 9.78 Å². The summed E-state index contributed by atoms with van der Waals surface area (Å²) in [7, 11) is 0. The van der Waals surface area contributed by atoms with E-state index in [4.69, 9.17) is 5.11 Å². The minimum absolute atomic E-state index is 0.265. The maximum atomic E-state index is 11.0. The first kappa shape index (κ1) is 14.1. The predicted octanol–water partition coefficient (Wildman–Crippen LogP) is 4.31. The van der Waals surface area contributed by atoms with Crippen LogP contribution in [0.5, 0.6) is 0 Å². The van der Waals surface area contributed by atoms with Crippen molar-refractivity contribution in [3.63, 3.8) is 0 Å². The zero-order chi connectivity index (χ0) is 14.0. The first-order chi connectivity index (χ1) is 8.94. The van der Waals surface area contributed by atoms with Crippen LogP contribution in [0.25, 0.3) is 0 Å². The molecule has 2 aromatic rings. The number of carboxylic acids is 1. The first-order valence-electron chi connectivity index (χ1n) is 5.61. The van der Waals surface area contributed by atoms with Crippen molar-refractivity contribution in [1.29, 1.82) is 0 Å². The van der Waals surface area contributed by atoms with Crippen molar-refractivity contribution in [2.45, 2.75) is 23.8 Å². The van der Waals surface area contributed by atoms with E-state index < -0.39 is 5.97 Å². The topological polar surface area (TPSA) is 50.2 Å². The molecule has 0 fully saturated rings. The van der Waals surface area contributed by atoms with Gasteiger partial charge in [0.25, 0.3) is 0 Å². The van der Waals surface area contributed by atoms with Crippen molar-refractivity contribution in [2.24, 2.45) is 0 Å². The second-order valence-corrected chi connectivity index (χ2v) is 6.22. The quantitative estimate of drug-likeness (QED) is 0.906. The number of carbonyl (C=O) groups is 1. The molecule has 0 bridgehead atoms. The van der Waals surface area contributed by atoms with Gasteiger partial charge in [-0.15, -0.1) is 0 Å². The van der Waals surface area contributed by atoms with Crippen LogP contribution in [0.4, 0.5) is 0 Å². The largest absolute Gasteiger partial charge is 0.478 e. The van der Waals surface area contributed by atoms with E-state index in [9.17, 15) is 4.79 Å². The Morgan fingerprint density at radius 3 is 2.58 bits per heavy atom. The Bertz CT molecular complexity index is 623. The Balaban J connectivity index is 2.35. The molecule has 1 aromatic carbocycles. The third-order valence-electron chi connectivity index (χ3n) is 2.41. The van der Waals surface area contributed by atoms with Crippen LogP contribution in [0, 0.1) is 13.8 Å². The fourth-order valence-corrected chi connectivity index (χ4v) is 3.41. The number of benzene rings is 1. The van der Waals surface area contributed by atoms with Crippen molar-refractivity contribution in [3.8, 4) is 0 Å². The van der Waals surface area contributed by atoms with Crippen LogP contribution >= 0.6 is 27.7 Å². The van der Waals surface area contributed by atoms with Gasteiger partial charge in [-0.3, -0.25) is 0 Å².